The van der Waals surface area contributed by atoms with Gasteiger partial charge in [-0.3, -0.25) is 9.11 Å². The van der Waals surface area contributed by atoms with Crippen LogP contribution < -0.4 is 8.91 Å². The van der Waals surface area contributed by atoms with Crippen LogP contribution in [0.4, 0.5) is 4.39 Å². The summed E-state index contributed by atoms with van der Waals surface area (Å²) in [6, 6.07) is 8.93. The number of hydrogen-bond donors (Lipinski definition) is 3. The molecule has 128 valence electrons. The first-order chi connectivity index (χ1) is 11.4. The molecule has 8 heteroatoms. The highest BCUT2D eigenvalue weighted by Gasteiger charge is 2.29. The fraction of sp³-hybridized carbons (Fsp3) is 0.188. The van der Waals surface area contributed by atoms with Crippen LogP contribution in [0.3, 0.4) is 0 Å². The molecule has 0 bridgehead atoms. The van der Waals surface area contributed by atoms with Crippen molar-refractivity contribution in [3.05, 3.63) is 53.3 Å². The summed E-state index contributed by atoms with van der Waals surface area (Å²) in [5.41, 5.74) is 1.61. The van der Waals surface area contributed by atoms with Gasteiger partial charge < -0.3 is 8.92 Å². The van der Waals surface area contributed by atoms with Crippen molar-refractivity contribution in [3.63, 3.8) is 0 Å². The quantitative estimate of drug-likeness (QED) is 0.729. The Hall–Kier alpha value is -2.13. The largest absolute Gasteiger partial charge is 0.462 e. The number of ether oxygens (including phenoxy) is 1. The highest BCUT2D eigenvalue weighted by Crippen LogP contribution is 2.47. The van der Waals surface area contributed by atoms with E-state index < -0.39 is 22.8 Å². The average molecular weight is 353 g/mol. The number of esters is 1. The summed E-state index contributed by atoms with van der Waals surface area (Å²) in [7, 11) is 0. The molecule has 0 radical (unpaired) electrons. The van der Waals surface area contributed by atoms with Gasteiger partial charge in [0.2, 0.25) is 11.1 Å². The zero-order chi connectivity index (χ0) is 17.3. The van der Waals surface area contributed by atoms with E-state index in [1.165, 1.54) is 12.1 Å². The monoisotopic (exact) mass is 353 g/mol. The Labute approximate surface area is 139 Å². The van der Waals surface area contributed by atoms with Gasteiger partial charge >= 0.3 is 5.97 Å². The van der Waals surface area contributed by atoms with E-state index in [0.717, 1.165) is 0 Å². The summed E-state index contributed by atoms with van der Waals surface area (Å²) >= 11 is -3.44. The van der Waals surface area contributed by atoms with Gasteiger partial charge in [0.25, 0.3) is 0 Å². The van der Waals surface area contributed by atoms with Gasteiger partial charge in [-0.25, -0.2) is 13.9 Å². The van der Waals surface area contributed by atoms with Crippen LogP contribution in [0.1, 0.15) is 22.8 Å². The van der Waals surface area contributed by atoms with Gasteiger partial charge in [-0.15, -0.1) is 0 Å². The molecule has 2 aromatic rings. The van der Waals surface area contributed by atoms with Crippen molar-refractivity contribution in [1.82, 2.24) is 4.72 Å². The zero-order valence-electron chi connectivity index (χ0n) is 12.8. The molecule has 3 N–H and O–H groups in total. The molecular weight excluding hydrogens is 337 g/mol. The van der Waals surface area contributed by atoms with Gasteiger partial charge in [0.1, 0.15) is 5.82 Å². The Morgan fingerprint density at radius 2 is 2.17 bits per heavy atom. The average Bonchev–Trinajstić information content (AvgIpc) is 2.54. The van der Waals surface area contributed by atoms with Crippen LogP contribution in [-0.2, 0) is 11.3 Å². The topological polar surface area (TPSA) is 88.0 Å². The molecule has 2 aromatic carbocycles. The number of carbonyl (C=O) groups is 1. The second-order valence-corrected chi connectivity index (χ2v) is 6.59. The smallest absolute Gasteiger partial charge is 0.338 e. The maximum atomic E-state index is 13.9. The number of rotatable bonds is 3. The number of nitrogens with one attached hydrogen (secondary N) is 1. The van der Waals surface area contributed by atoms with Crippen LogP contribution in [0.25, 0.3) is 11.1 Å². The first-order valence-corrected chi connectivity index (χ1v) is 8.69. The second kappa shape index (κ2) is 6.40. The molecule has 0 fully saturated rings. The maximum absolute atomic E-state index is 13.9. The fourth-order valence-corrected chi connectivity index (χ4v) is 3.27. The van der Waals surface area contributed by atoms with Gasteiger partial charge in [0.05, 0.1) is 12.2 Å². The third-order valence-corrected chi connectivity index (χ3v) is 4.38. The van der Waals surface area contributed by atoms with E-state index in [2.05, 4.69) is 4.72 Å². The molecule has 0 unspecified atom stereocenters. The normalized spacial score (nSPS) is 16.7. The molecular formula is C16H16FNO5S. The molecule has 3 rings (SSSR count). The van der Waals surface area contributed by atoms with E-state index in [0.29, 0.717) is 22.3 Å². The Kier molecular flexibility index (Phi) is 4.46. The van der Waals surface area contributed by atoms with Crippen molar-refractivity contribution < 1.29 is 27.2 Å². The molecule has 0 spiro atoms. The first-order valence-electron chi connectivity index (χ1n) is 7.22. The highest BCUT2D eigenvalue weighted by atomic mass is 32.3. The Balaban J connectivity index is 2.08. The molecule has 0 saturated carbocycles. The van der Waals surface area contributed by atoms with Gasteiger partial charge in [0.15, 0.2) is 5.75 Å². The Morgan fingerprint density at radius 3 is 2.92 bits per heavy atom. The van der Waals surface area contributed by atoms with E-state index in [1.54, 1.807) is 31.2 Å². The Morgan fingerprint density at radius 1 is 1.38 bits per heavy atom. The van der Waals surface area contributed by atoms with Crippen molar-refractivity contribution in [1.29, 1.82) is 0 Å². The van der Waals surface area contributed by atoms with Gasteiger partial charge in [-0.1, -0.05) is 12.1 Å². The summed E-state index contributed by atoms with van der Waals surface area (Å²) in [5, 5.41) is 0. The number of carbonyl (C=O) groups excluding carboxylic acids is 1. The van der Waals surface area contributed by atoms with Crippen LogP contribution in [-0.4, -0.2) is 21.7 Å². The van der Waals surface area contributed by atoms with Crippen molar-refractivity contribution in [2.75, 3.05) is 6.61 Å². The van der Waals surface area contributed by atoms with Crippen LogP contribution in [0.2, 0.25) is 0 Å². The number of fused-ring (bicyclic) bond motifs is 1. The molecule has 1 aliphatic heterocycles. The maximum Gasteiger partial charge on any atom is 0.338 e. The van der Waals surface area contributed by atoms with E-state index >= 15 is 0 Å². The number of hydrogen-bond acceptors (Lipinski definition) is 6. The molecule has 1 heterocycles. The fourth-order valence-electron chi connectivity index (χ4n) is 2.44. The third-order valence-electron chi connectivity index (χ3n) is 3.47. The summed E-state index contributed by atoms with van der Waals surface area (Å²) < 4.78 is 45.9. The predicted molar refractivity (Wildman–Crippen MR) is 88.1 cm³/mol. The lowest BCUT2D eigenvalue weighted by Crippen LogP contribution is -2.29. The van der Waals surface area contributed by atoms with Gasteiger partial charge in [-0.2, -0.15) is 0 Å². The minimum Gasteiger partial charge on any atom is -0.462 e. The lowest BCUT2D eigenvalue weighted by Gasteiger charge is -2.34. The molecule has 0 amide bonds. The summed E-state index contributed by atoms with van der Waals surface area (Å²) in [6.07, 6.45) is 0. The van der Waals surface area contributed by atoms with Crippen molar-refractivity contribution in [2.24, 2.45) is 0 Å². The summed E-state index contributed by atoms with van der Waals surface area (Å²) in [5.74, 6) is -0.804. The SMILES string of the molecule is CCOC(=O)c1cccc(-c2cc(F)cc3c2OS(O)(O)NC3)c1. The van der Waals surface area contributed by atoms with E-state index in [1.807, 2.05) is 0 Å². The third kappa shape index (κ3) is 3.36. The minimum absolute atomic E-state index is 0.0555. The van der Waals surface area contributed by atoms with Crippen LogP contribution >= 0.6 is 11.1 Å². The molecule has 24 heavy (non-hydrogen) atoms. The van der Waals surface area contributed by atoms with Crippen molar-refractivity contribution >= 4 is 17.0 Å². The molecule has 0 aliphatic carbocycles. The minimum atomic E-state index is -3.44. The van der Waals surface area contributed by atoms with E-state index in [4.69, 9.17) is 8.92 Å². The molecule has 1 aliphatic rings. The Bertz CT molecular complexity index is 796. The summed E-state index contributed by atoms with van der Waals surface area (Å²) in [4.78, 5) is 11.9. The van der Waals surface area contributed by atoms with Crippen LogP contribution in [0.5, 0.6) is 5.75 Å². The molecule has 0 saturated heterocycles. The number of halogens is 1. The van der Waals surface area contributed by atoms with Crippen LogP contribution in [0.15, 0.2) is 36.4 Å². The molecule has 0 aromatic heterocycles. The standard InChI is InChI=1S/C16H16FNO5S/c1-2-22-16(19)11-5-3-4-10(6-11)14-8-13(17)7-12-9-18-24(20,21)23-15(12)14/h3-8,18,20-21H,2,9H2,1H3. The first kappa shape index (κ1) is 16.7. The molecule has 0 atom stereocenters. The van der Waals surface area contributed by atoms with E-state index in [-0.39, 0.29) is 18.9 Å². The highest BCUT2D eigenvalue weighted by molar-refractivity contribution is 8.18. The van der Waals surface area contributed by atoms with Crippen molar-refractivity contribution in [2.45, 2.75) is 13.5 Å². The van der Waals surface area contributed by atoms with Gasteiger partial charge in [-0.05, 0) is 36.8 Å². The lowest BCUT2D eigenvalue weighted by molar-refractivity contribution is 0.0526. The van der Waals surface area contributed by atoms with Crippen LogP contribution in [0, 0.1) is 5.82 Å². The van der Waals surface area contributed by atoms with Crippen molar-refractivity contribution in [3.8, 4) is 16.9 Å². The lowest BCUT2D eigenvalue weighted by atomic mass is 9.99. The van der Waals surface area contributed by atoms with E-state index in [9.17, 15) is 18.3 Å². The second-order valence-electron chi connectivity index (χ2n) is 5.14. The van der Waals surface area contributed by atoms with Gasteiger partial charge in [0, 0.05) is 17.7 Å². The summed E-state index contributed by atoms with van der Waals surface area (Å²) in [6.45, 7) is 2.00. The number of benzene rings is 2. The zero-order valence-corrected chi connectivity index (χ0v) is 13.6. The molecule has 6 nitrogen and oxygen atoms in total. The predicted octanol–water partition coefficient (Wildman–Crippen LogP) is 3.73.